The van der Waals surface area contributed by atoms with E-state index in [0.717, 1.165) is 0 Å². The molecule has 4 N–H and O–H groups in total. The summed E-state index contributed by atoms with van der Waals surface area (Å²) in [5.74, 6) is -0.546. The SMILES string of the molecule is Nc1cc(C(F)(F)F)cc(C(=O)CBr)c1N. The van der Waals surface area contributed by atoms with Crippen LogP contribution in [0.2, 0.25) is 0 Å². The van der Waals surface area contributed by atoms with Crippen LogP contribution >= 0.6 is 15.9 Å². The maximum absolute atomic E-state index is 12.4. The summed E-state index contributed by atoms with van der Waals surface area (Å²) in [6, 6.07) is 1.41. The van der Waals surface area contributed by atoms with Gasteiger partial charge in [0.15, 0.2) is 5.78 Å². The molecule has 0 bridgehead atoms. The van der Waals surface area contributed by atoms with Gasteiger partial charge in [0.2, 0.25) is 0 Å². The molecule has 0 unspecified atom stereocenters. The van der Waals surface area contributed by atoms with Crippen LogP contribution in [0, 0.1) is 0 Å². The number of Topliss-reactive ketones (excluding diaryl/α,β-unsaturated/α-hetero) is 1. The summed E-state index contributed by atoms with van der Waals surface area (Å²) >= 11 is 2.86. The van der Waals surface area contributed by atoms with Crippen LogP contribution in [0.3, 0.4) is 0 Å². The molecule has 0 spiro atoms. The smallest absolute Gasteiger partial charge is 0.397 e. The Morgan fingerprint density at radius 2 is 1.88 bits per heavy atom. The first-order valence-electron chi connectivity index (χ1n) is 4.12. The third-order valence-corrected chi connectivity index (χ3v) is 2.47. The lowest BCUT2D eigenvalue weighted by molar-refractivity contribution is -0.137. The Kier molecular flexibility index (Phi) is 3.47. The highest BCUT2D eigenvalue weighted by Crippen LogP contribution is 2.34. The summed E-state index contributed by atoms with van der Waals surface area (Å²) in [7, 11) is 0. The van der Waals surface area contributed by atoms with Gasteiger partial charge in [-0.1, -0.05) is 15.9 Å². The zero-order chi connectivity index (χ0) is 12.5. The average Bonchev–Trinajstić information content (AvgIpc) is 2.19. The Labute approximate surface area is 97.7 Å². The number of halogens is 4. The minimum absolute atomic E-state index is 0.113. The summed E-state index contributed by atoms with van der Waals surface area (Å²) in [5.41, 5.74) is 9.18. The van der Waals surface area contributed by atoms with E-state index in [-0.39, 0.29) is 22.3 Å². The average molecular weight is 297 g/mol. The van der Waals surface area contributed by atoms with Gasteiger partial charge in [-0.3, -0.25) is 4.79 Å². The fourth-order valence-electron chi connectivity index (χ4n) is 1.14. The summed E-state index contributed by atoms with van der Waals surface area (Å²) in [4.78, 5) is 11.3. The topological polar surface area (TPSA) is 69.1 Å². The number of nitrogens with two attached hydrogens (primary N) is 2. The second kappa shape index (κ2) is 4.32. The molecule has 0 atom stereocenters. The molecule has 88 valence electrons. The Morgan fingerprint density at radius 1 is 1.31 bits per heavy atom. The lowest BCUT2D eigenvalue weighted by Gasteiger charge is -2.12. The summed E-state index contributed by atoms with van der Waals surface area (Å²) in [6.07, 6.45) is -4.55. The van der Waals surface area contributed by atoms with E-state index < -0.39 is 17.5 Å². The van der Waals surface area contributed by atoms with Crippen LogP contribution in [0.25, 0.3) is 0 Å². The van der Waals surface area contributed by atoms with E-state index in [1.54, 1.807) is 0 Å². The highest BCUT2D eigenvalue weighted by atomic mass is 79.9. The monoisotopic (exact) mass is 296 g/mol. The number of hydrogen-bond acceptors (Lipinski definition) is 3. The third-order valence-electron chi connectivity index (χ3n) is 1.96. The number of hydrogen-bond donors (Lipinski definition) is 2. The number of carbonyl (C=O) groups excluding carboxylic acids is 1. The van der Waals surface area contributed by atoms with E-state index in [4.69, 9.17) is 11.5 Å². The molecular weight excluding hydrogens is 289 g/mol. The first kappa shape index (κ1) is 12.8. The fraction of sp³-hybridized carbons (Fsp3) is 0.222. The van der Waals surface area contributed by atoms with Crippen LogP contribution < -0.4 is 11.5 Å². The van der Waals surface area contributed by atoms with Crippen molar-refractivity contribution in [1.82, 2.24) is 0 Å². The first-order valence-corrected chi connectivity index (χ1v) is 5.25. The molecule has 0 aliphatic heterocycles. The zero-order valence-electron chi connectivity index (χ0n) is 7.94. The van der Waals surface area contributed by atoms with Crippen molar-refractivity contribution in [2.75, 3.05) is 16.8 Å². The van der Waals surface area contributed by atoms with Gasteiger partial charge in [-0.2, -0.15) is 13.2 Å². The van der Waals surface area contributed by atoms with Gasteiger partial charge in [0.25, 0.3) is 0 Å². The minimum Gasteiger partial charge on any atom is -0.397 e. The van der Waals surface area contributed by atoms with E-state index in [2.05, 4.69) is 15.9 Å². The van der Waals surface area contributed by atoms with Crippen LogP contribution in [-0.4, -0.2) is 11.1 Å². The van der Waals surface area contributed by atoms with E-state index in [9.17, 15) is 18.0 Å². The molecule has 0 fully saturated rings. The highest BCUT2D eigenvalue weighted by molar-refractivity contribution is 9.09. The molecule has 0 aromatic heterocycles. The normalized spacial score (nSPS) is 11.5. The van der Waals surface area contributed by atoms with Gasteiger partial charge >= 0.3 is 6.18 Å². The summed E-state index contributed by atoms with van der Waals surface area (Å²) in [5, 5.41) is -0.113. The lowest BCUT2D eigenvalue weighted by Crippen LogP contribution is -2.12. The lowest BCUT2D eigenvalue weighted by atomic mass is 10.0. The molecule has 0 heterocycles. The van der Waals surface area contributed by atoms with Crippen molar-refractivity contribution >= 4 is 33.1 Å². The maximum atomic E-state index is 12.4. The van der Waals surface area contributed by atoms with Crippen molar-refractivity contribution in [3.05, 3.63) is 23.3 Å². The Morgan fingerprint density at radius 3 is 2.31 bits per heavy atom. The Balaban J connectivity index is 3.39. The predicted molar refractivity (Wildman–Crippen MR) is 58.4 cm³/mol. The van der Waals surface area contributed by atoms with Crippen molar-refractivity contribution < 1.29 is 18.0 Å². The van der Waals surface area contributed by atoms with E-state index in [0.29, 0.717) is 12.1 Å². The van der Waals surface area contributed by atoms with Gasteiger partial charge < -0.3 is 11.5 Å². The number of alkyl halides is 4. The molecule has 0 saturated heterocycles. The van der Waals surface area contributed by atoms with Crippen molar-refractivity contribution in [2.45, 2.75) is 6.18 Å². The van der Waals surface area contributed by atoms with Crippen LogP contribution in [0.15, 0.2) is 12.1 Å². The number of rotatable bonds is 2. The molecule has 7 heteroatoms. The molecule has 0 saturated carbocycles. The number of benzene rings is 1. The fourth-order valence-corrected chi connectivity index (χ4v) is 1.44. The van der Waals surface area contributed by atoms with E-state index >= 15 is 0 Å². The Bertz CT molecular complexity index is 431. The number of nitrogen functional groups attached to an aromatic ring is 2. The quantitative estimate of drug-likeness (QED) is 0.500. The summed E-state index contributed by atoms with van der Waals surface area (Å²) < 4.78 is 37.3. The molecular formula is C9H8BrF3N2O. The van der Waals surface area contributed by atoms with Crippen molar-refractivity contribution in [2.24, 2.45) is 0 Å². The molecule has 1 rings (SSSR count). The van der Waals surface area contributed by atoms with Crippen LogP contribution in [0.4, 0.5) is 24.5 Å². The Hall–Kier alpha value is -1.24. The van der Waals surface area contributed by atoms with E-state index in [1.165, 1.54) is 0 Å². The summed E-state index contributed by atoms with van der Waals surface area (Å²) in [6.45, 7) is 0. The molecule has 1 aromatic rings. The van der Waals surface area contributed by atoms with Gasteiger partial charge in [0.1, 0.15) is 0 Å². The largest absolute Gasteiger partial charge is 0.416 e. The molecule has 16 heavy (non-hydrogen) atoms. The molecule has 1 aromatic carbocycles. The van der Waals surface area contributed by atoms with Crippen molar-refractivity contribution in [1.29, 1.82) is 0 Å². The highest BCUT2D eigenvalue weighted by Gasteiger charge is 2.32. The molecule has 3 nitrogen and oxygen atoms in total. The molecule has 0 aliphatic rings. The minimum atomic E-state index is -4.55. The number of ketones is 1. The van der Waals surface area contributed by atoms with Gasteiger partial charge in [-0.25, -0.2) is 0 Å². The molecule has 0 radical (unpaired) electrons. The van der Waals surface area contributed by atoms with Gasteiger partial charge in [-0.15, -0.1) is 0 Å². The predicted octanol–water partition coefficient (Wildman–Crippen LogP) is 2.45. The third kappa shape index (κ3) is 2.46. The second-order valence-electron chi connectivity index (χ2n) is 3.08. The first-order chi connectivity index (χ1) is 7.27. The van der Waals surface area contributed by atoms with Gasteiger partial charge in [0.05, 0.1) is 22.3 Å². The number of carbonyl (C=O) groups is 1. The zero-order valence-corrected chi connectivity index (χ0v) is 9.52. The molecule has 0 amide bonds. The van der Waals surface area contributed by atoms with Crippen LogP contribution in [-0.2, 0) is 6.18 Å². The van der Waals surface area contributed by atoms with Gasteiger partial charge in [-0.05, 0) is 12.1 Å². The van der Waals surface area contributed by atoms with Crippen LogP contribution in [0.5, 0.6) is 0 Å². The second-order valence-corrected chi connectivity index (χ2v) is 3.64. The van der Waals surface area contributed by atoms with Crippen molar-refractivity contribution in [3.8, 4) is 0 Å². The molecule has 0 aliphatic carbocycles. The van der Waals surface area contributed by atoms with Crippen LogP contribution in [0.1, 0.15) is 15.9 Å². The van der Waals surface area contributed by atoms with Crippen molar-refractivity contribution in [3.63, 3.8) is 0 Å². The standard InChI is InChI=1S/C9H8BrF3N2O/c10-3-7(16)5-1-4(9(11,12)13)2-6(14)8(5)15/h1-2H,3,14-15H2. The van der Waals surface area contributed by atoms with E-state index in [1.807, 2.05) is 0 Å². The number of anilines is 2. The maximum Gasteiger partial charge on any atom is 0.416 e. The van der Waals surface area contributed by atoms with Gasteiger partial charge in [0, 0.05) is 5.56 Å².